The summed E-state index contributed by atoms with van der Waals surface area (Å²) in [4.78, 5) is 10.3. The fraction of sp³-hybridized carbons (Fsp3) is 0.200. The number of nitrogens with zero attached hydrogens (tertiary/aromatic N) is 1. The first-order valence-corrected chi connectivity index (χ1v) is 2.46. The van der Waals surface area contributed by atoms with Gasteiger partial charge in [0.15, 0.2) is 0 Å². The highest BCUT2D eigenvalue weighted by atomic mass is 35.5. The van der Waals surface area contributed by atoms with Crippen LogP contribution in [0.25, 0.3) is 0 Å². The summed E-state index contributed by atoms with van der Waals surface area (Å²) in [5, 5.41) is 8.15. The minimum atomic E-state index is -0.818. The molecule has 0 fully saturated rings. The molecule has 0 aromatic rings. The predicted octanol–water partition coefficient (Wildman–Crippen LogP) is 1.15. The second-order valence-electron chi connectivity index (χ2n) is 1.18. The summed E-state index contributed by atoms with van der Waals surface area (Å²) in [5.74, 6) is -0.818. The number of carbonyl (C=O) groups excluding carboxylic acids is 1. The second-order valence-corrected chi connectivity index (χ2v) is 1.33. The van der Waals surface area contributed by atoms with Crippen molar-refractivity contribution < 1.29 is 9.08 Å². The van der Waals surface area contributed by atoms with E-state index in [2.05, 4.69) is 16.2 Å². The van der Waals surface area contributed by atoms with E-state index in [0.717, 1.165) is 0 Å². The molecule has 0 amide bonds. The number of rotatable bonds is 1. The summed E-state index contributed by atoms with van der Waals surface area (Å²) >= 11 is 4.66. The predicted molar refractivity (Wildman–Crippen MR) is 31.3 cm³/mol. The third-order valence-electron chi connectivity index (χ3n) is 0.699. The Balaban J connectivity index is 4.19. The average molecular weight is 146 g/mol. The first kappa shape index (κ1) is 7.99. The Labute approximate surface area is 57.7 Å². The maximum atomic E-state index is 10.3. The quantitative estimate of drug-likeness (QED) is 0.411. The van der Waals surface area contributed by atoms with E-state index in [0.29, 0.717) is 0 Å². The van der Waals surface area contributed by atoms with Gasteiger partial charge in [-0.05, 0) is 6.92 Å². The molecule has 48 valence electrons. The van der Waals surface area contributed by atoms with Gasteiger partial charge >= 0.3 is 5.97 Å². The van der Waals surface area contributed by atoms with E-state index < -0.39 is 5.97 Å². The lowest BCUT2D eigenvalue weighted by molar-refractivity contribution is -0.129. The number of halogens is 1. The van der Waals surface area contributed by atoms with Crippen LogP contribution in [0.4, 0.5) is 0 Å². The third-order valence-corrected chi connectivity index (χ3v) is 0.839. The molecular formula is C5H4ClNO2. The van der Waals surface area contributed by atoms with Crippen LogP contribution >= 0.6 is 11.9 Å². The van der Waals surface area contributed by atoms with Crippen molar-refractivity contribution >= 4 is 17.8 Å². The van der Waals surface area contributed by atoms with Gasteiger partial charge in [0.1, 0.15) is 23.5 Å². The summed E-state index contributed by atoms with van der Waals surface area (Å²) in [6.45, 7) is 1.55. The molecule has 0 heterocycles. The molecule has 0 N–H and O–H groups in total. The number of hydrogen-bond acceptors (Lipinski definition) is 3. The molecule has 0 saturated heterocycles. The molecule has 0 aromatic carbocycles. The van der Waals surface area contributed by atoms with Gasteiger partial charge < -0.3 is 4.29 Å². The van der Waals surface area contributed by atoms with Crippen LogP contribution in [-0.4, -0.2) is 5.97 Å². The zero-order valence-corrected chi connectivity index (χ0v) is 5.47. The summed E-state index contributed by atoms with van der Waals surface area (Å²) in [6.07, 6.45) is 1.32. The lowest BCUT2D eigenvalue weighted by Crippen LogP contribution is -1.98. The Hall–Kier alpha value is -1.01. The minimum Gasteiger partial charge on any atom is -0.343 e. The van der Waals surface area contributed by atoms with Crippen LogP contribution in [0.15, 0.2) is 11.6 Å². The Morgan fingerprint density at radius 3 is 2.56 bits per heavy atom. The maximum Gasteiger partial charge on any atom is 0.366 e. The van der Waals surface area contributed by atoms with Crippen LogP contribution in [0.2, 0.25) is 0 Å². The molecule has 0 aliphatic rings. The highest BCUT2D eigenvalue weighted by Crippen LogP contribution is 1.96. The Bertz CT molecular complexity index is 180. The molecule has 4 heteroatoms. The molecule has 0 aliphatic heterocycles. The third kappa shape index (κ3) is 2.15. The standard InChI is InChI=1S/C5H4ClNO2/c1-2-4(3-7)5(8)9-6/h2H,1H3/b4-2+. The van der Waals surface area contributed by atoms with Crippen LogP contribution in [0, 0.1) is 11.3 Å². The van der Waals surface area contributed by atoms with Gasteiger partial charge in [-0.15, -0.1) is 0 Å². The van der Waals surface area contributed by atoms with Crippen molar-refractivity contribution in [3.63, 3.8) is 0 Å². The molecule has 0 aromatic heterocycles. The molecule has 0 rings (SSSR count). The van der Waals surface area contributed by atoms with Gasteiger partial charge in [-0.3, -0.25) is 0 Å². The van der Waals surface area contributed by atoms with Crippen molar-refractivity contribution in [2.24, 2.45) is 0 Å². The highest BCUT2D eigenvalue weighted by Gasteiger charge is 2.06. The molecule has 0 spiro atoms. The number of nitriles is 1. The van der Waals surface area contributed by atoms with Gasteiger partial charge in [-0.1, -0.05) is 6.08 Å². The fourth-order valence-corrected chi connectivity index (χ4v) is 0.353. The van der Waals surface area contributed by atoms with E-state index in [1.807, 2.05) is 0 Å². The normalized spacial score (nSPS) is 10.1. The van der Waals surface area contributed by atoms with Gasteiger partial charge in [0.2, 0.25) is 0 Å². The van der Waals surface area contributed by atoms with Gasteiger partial charge in [-0.2, -0.15) is 5.26 Å². The molecule has 9 heavy (non-hydrogen) atoms. The second kappa shape index (κ2) is 3.93. The number of hydrogen-bond donors (Lipinski definition) is 0. The smallest absolute Gasteiger partial charge is 0.343 e. The monoisotopic (exact) mass is 145 g/mol. The Kier molecular flexibility index (Phi) is 3.49. The van der Waals surface area contributed by atoms with Crippen LogP contribution in [-0.2, 0) is 9.08 Å². The van der Waals surface area contributed by atoms with E-state index >= 15 is 0 Å². The number of allylic oxidation sites excluding steroid dienone is 1. The first-order valence-electron chi connectivity index (χ1n) is 2.15. The van der Waals surface area contributed by atoms with E-state index in [-0.39, 0.29) is 5.57 Å². The van der Waals surface area contributed by atoms with Gasteiger partial charge in [0.25, 0.3) is 0 Å². The maximum absolute atomic E-state index is 10.3. The Morgan fingerprint density at radius 2 is 2.44 bits per heavy atom. The number of carbonyl (C=O) groups is 1. The molecule has 0 saturated carbocycles. The van der Waals surface area contributed by atoms with E-state index in [9.17, 15) is 4.79 Å². The lowest BCUT2D eigenvalue weighted by atomic mass is 10.3. The molecule has 3 nitrogen and oxygen atoms in total. The van der Waals surface area contributed by atoms with Gasteiger partial charge in [0.05, 0.1) is 0 Å². The first-order chi connectivity index (χ1) is 4.26. The van der Waals surface area contributed by atoms with Crippen molar-refractivity contribution in [3.05, 3.63) is 11.6 Å². The molecule has 0 bridgehead atoms. The molecule has 0 unspecified atom stereocenters. The summed E-state index contributed by atoms with van der Waals surface area (Å²) in [7, 11) is 0. The van der Waals surface area contributed by atoms with Crippen molar-refractivity contribution in [1.82, 2.24) is 0 Å². The van der Waals surface area contributed by atoms with E-state index in [1.54, 1.807) is 13.0 Å². The van der Waals surface area contributed by atoms with E-state index in [4.69, 9.17) is 5.26 Å². The molecular weight excluding hydrogens is 142 g/mol. The van der Waals surface area contributed by atoms with Gasteiger partial charge in [0, 0.05) is 0 Å². The Morgan fingerprint density at radius 1 is 1.89 bits per heavy atom. The lowest BCUT2D eigenvalue weighted by Gasteiger charge is -1.87. The topological polar surface area (TPSA) is 50.1 Å². The van der Waals surface area contributed by atoms with Crippen LogP contribution in [0.3, 0.4) is 0 Å². The zero-order chi connectivity index (χ0) is 7.28. The summed E-state index contributed by atoms with van der Waals surface area (Å²) in [5.41, 5.74) is -0.0926. The molecule has 0 aliphatic carbocycles. The van der Waals surface area contributed by atoms with Gasteiger partial charge in [-0.25, -0.2) is 4.79 Å². The SMILES string of the molecule is C/C=C(\C#N)C(=O)OCl. The molecule has 0 atom stereocenters. The summed E-state index contributed by atoms with van der Waals surface area (Å²) in [6, 6.07) is 1.60. The molecule has 0 radical (unpaired) electrons. The van der Waals surface area contributed by atoms with Crippen molar-refractivity contribution in [2.45, 2.75) is 6.92 Å². The van der Waals surface area contributed by atoms with Crippen molar-refractivity contribution in [2.75, 3.05) is 0 Å². The fourth-order valence-electron chi connectivity index (χ4n) is 0.270. The minimum absolute atomic E-state index is 0.0926. The largest absolute Gasteiger partial charge is 0.366 e. The van der Waals surface area contributed by atoms with E-state index in [1.165, 1.54) is 6.08 Å². The van der Waals surface area contributed by atoms with Crippen LogP contribution in [0.1, 0.15) is 6.92 Å². The van der Waals surface area contributed by atoms with Crippen molar-refractivity contribution in [3.8, 4) is 6.07 Å². The average Bonchev–Trinajstić information content (AvgIpc) is 1.90. The summed E-state index contributed by atoms with van der Waals surface area (Å²) < 4.78 is 3.74. The van der Waals surface area contributed by atoms with Crippen LogP contribution in [0.5, 0.6) is 0 Å². The highest BCUT2D eigenvalue weighted by molar-refractivity contribution is 6.16. The zero-order valence-electron chi connectivity index (χ0n) is 4.72. The van der Waals surface area contributed by atoms with Crippen LogP contribution < -0.4 is 0 Å². The van der Waals surface area contributed by atoms with Crippen molar-refractivity contribution in [1.29, 1.82) is 5.26 Å².